The molecular formula is C11H12N4O3. The molecule has 2 heterocycles. The molecule has 0 bridgehead atoms. The van der Waals surface area contributed by atoms with E-state index in [1.807, 2.05) is 0 Å². The third-order valence-corrected chi connectivity index (χ3v) is 2.68. The molecule has 2 aromatic rings. The molecule has 0 spiro atoms. The highest BCUT2D eigenvalue weighted by Gasteiger charge is 2.12. The first kappa shape index (κ1) is 12.0. The summed E-state index contributed by atoms with van der Waals surface area (Å²) in [6, 6.07) is 1.70. The van der Waals surface area contributed by atoms with Crippen LogP contribution in [0.2, 0.25) is 0 Å². The maximum absolute atomic E-state index is 12.0. The average molecular weight is 248 g/mol. The number of carbonyl (C=O) groups is 1. The van der Waals surface area contributed by atoms with Crippen molar-refractivity contribution in [2.24, 2.45) is 7.05 Å². The second kappa shape index (κ2) is 4.44. The molecule has 0 atom stereocenters. The normalized spacial score (nSPS) is 10.6. The Morgan fingerprint density at radius 3 is 2.72 bits per heavy atom. The molecule has 0 radical (unpaired) electrons. The molecule has 0 unspecified atom stereocenters. The number of aromatic nitrogens is 4. The molecule has 0 aliphatic rings. The van der Waals surface area contributed by atoms with Crippen molar-refractivity contribution < 1.29 is 4.79 Å². The fourth-order valence-electron chi connectivity index (χ4n) is 1.63. The number of H-pyrrole nitrogens is 1. The summed E-state index contributed by atoms with van der Waals surface area (Å²) in [6.07, 6.45) is 2.72. The molecule has 18 heavy (non-hydrogen) atoms. The minimum atomic E-state index is -0.590. The van der Waals surface area contributed by atoms with Gasteiger partial charge in [0, 0.05) is 19.4 Å². The molecule has 0 aliphatic carbocycles. The van der Waals surface area contributed by atoms with E-state index in [-0.39, 0.29) is 17.9 Å². The van der Waals surface area contributed by atoms with Gasteiger partial charge >= 0.3 is 5.69 Å². The molecule has 0 amide bonds. The summed E-state index contributed by atoms with van der Waals surface area (Å²) in [5.74, 6) is -0.380. The fourth-order valence-corrected chi connectivity index (χ4v) is 1.63. The van der Waals surface area contributed by atoms with Gasteiger partial charge in [-0.05, 0) is 13.0 Å². The Kier molecular flexibility index (Phi) is 2.97. The standard InChI is InChI=1S/C11H12N4O3/c1-7(16)9-5-12-11(18)15(10(9)17)6-8-3-4-13-14(8)2/h3-5H,6H2,1-2H3,(H,12,18). The summed E-state index contributed by atoms with van der Waals surface area (Å²) in [5.41, 5.74) is -0.473. The van der Waals surface area contributed by atoms with Crippen molar-refractivity contribution in [3.8, 4) is 0 Å². The Hall–Kier alpha value is -2.44. The lowest BCUT2D eigenvalue weighted by molar-refractivity contribution is 0.101. The highest BCUT2D eigenvalue weighted by atomic mass is 16.2. The van der Waals surface area contributed by atoms with E-state index < -0.39 is 11.2 Å². The molecule has 2 aromatic heterocycles. The van der Waals surface area contributed by atoms with Crippen LogP contribution < -0.4 is 11.2 Å². The molecule has 1 N–H and O–H groups in total. The number of aryl methyl sites for hydroxylation is 1. The Morgan fingerprint density at radius 1 is 1.44 bits per heavy atom. The summed E-state index contributed by atoms with van der Waals surface area (Å²) in [7, 11) is 1.71. The third kappa shape index (κ3) is 2.02. The van der Waals surface area contributed by atoms with Gasteiger partial charge in [0.2, 0.25) is 0 Å². The van der Waals surface area contributed by atoms with Gasteiger partial charge in [-0.25, -0.2) is 4.79 Å². The second-order valence-electron chi connectivity index (χ2n) is 3.90. The molecule has 7 nitrogen and oxygen atoms in total. The number of nitrogens with one attached hydrogen (secondary N) is 1. The van der Waals surface area contributed by atoms with Crippen LogP contribution in [-0.2, 0) is 13.6 Å². The molecule has 0 aromatic carbocycles. The number of hydrogen-bond acceptors (Lipinski definition) is 4. The van der Waals surface area contributed by atoms with Crippen molar-refractivity contribution in [2.45, 2.75) is 13.5 Å². The number of hydrogen-bond donors (Lipinski definition) is 1. The van der Waals surface area contributed by atoms with Crippen LogP contribution >= 0.6 is 0 Å². The van der Waals surface area contributed by atoms with Gasteiger partial charge in [-0.15, -0.1) is 0 Å². The third-order valence-electron chi connectivity index (χ3n) is 2.68. The van der Waals surface area contributed by atoms with E-state index in [1.54, 1.807) is 24.0 Å². The quantitative estimate of drug-likeness (QED) is 0.743. The van der Waals surface area contributed by atoms with E-state index in [4.69, 9.17) is 0 Å². The predicted molar refractivity (Wildman–Crippen MR) is 63.6 cm³/mol. The Bertz CT molecular complexity index is 708. The fraction of sp³-hybridized carbons (Fsp3) is 0.273. The molecular weight excluding hydrogens is 236 g/mol. The molecule has 0 saturated carbocycles. The van der Waals surface area contributed by atoms with Crippen molar-refractivity contribution in [2.75, 3.05) is 0 Å². The predicted octanol–water partition coefficient (Wildman–Crippen LogP) is -0.479. The van der Waals surface area contributed by atoms with E-state index in [0.717, 1.165) is 10.8 Å². The van der Waals surface area contributed by atoms with Crippen LogP contribution in [-0.4, -0.2) is 25.1 Å². The lowest BCUT2D eigenvalue weighted by Crippen LogP contribution is -2.38. The van der Waals surface area contributed by atoms with Crippen LogP contribution in [0, 0.1) is 0 Å². The monoisotopic (exact) mass is 248 g/mol. The van der Waals surface area contributed by atoms with Gasteiger partial charge in [-0.3, -0.25) is 18.8 Å². The minimum Gasteiger partial charge on any atom is -0.313 e. The zero-order chi connectivity index (χ0) is 13.3. The summed E-state index contributed by atoms with van der Waals surface area (Å²) in [4.78, 5) is 37.2. The molecule has 94 valence electrons. The topological polar surface area (TPSA) is 89.8 Å². The first-order chi connectivity index (χ1) is 8.50. The minimum absolute atomic E-state index is 0.0308. The van der Waals surface area contributed by atoms with Gasteiger partial charge in [-0.2, -0.15) is 5.10 Å². The number of carbonyl (C=O) groups excluding carboxylic acids is 1. The van der Waals surface area contributed by atoms with Gasteiger partial charge in [0.15, 0.2) is 5.78 Å². The van der Waals surface area contributed by atoms with E-state index in [0.29, 0.717) is 5.69 Å². The maximum atomic E-state index is 12.0. The van der Waals surface area contributed by atoms with Crippen molar-refractivity contribution in [3.63, 3.8) is 0 Å². The van der Waals surface area contributed by atoms with Crippen LogP contribution in [0.3, 0.4) is 0 Å². The van der Waals surface area contributed by atoms with E-state index in [2.05, 4.69) is 10.1 Å². The van der Waals surface area contributed by atoms with Crippen molar-refractivity contribution in [1.29, 1.82) is 0 Å². The van der Waals surface area contributed by atoms with Gasteiger partial charge in [0.05, 0.1) is 17.8 Å². The molecule has 0 saturated heterocycles. The van der Waals surface area contributed by atoms with Gasteiger partial charge in [0.1, 0.15) is 0 Å². The van der Waals surface area contributed by atoms with Crippen LogP contribution in [0.4, 0.5) is 0 Å². The number of aromatic amines is 1. The van der Waals surface area contributed by atoms with E-state index in [1.165, 1.54) is 6.92 Å². The van der Waals surface area contributed by atoms with Gasteiger partial charge in [-0.1, -0.05) is 0 Å². The van der Waals surface area contributed by atoms with Crippen LogP contribution in [0.15, 0.2) is 28.0 Å². The average Bonchev–Trinajstić information content (AvgIpc) is 2.69. The Morgan fingerprint density at radius 2 is 2.17 bits per heavy atom. The van der Waals surface area contributed by atoms with Crippen molar-refractivity contribution in [3.05, 3.63) is 50.6 Å². The molecule has 0 fully saturated rings. The molecule has 2 rings (SSSR count). The lowest BCUT2D eigenvalue weighted by atomic mass is 10.2. The van der Waals surface area contributed by atoms with Crippen molar-refractivity contribution in [1.82, 2.24) is 19.3 Å². The summed E-state index contributed by atoms with van der Waals surface area (Å²) < 4.78 is 2.54. The zero-order valence-electron chi connectivity index (χ0n) is 10.0. The zero-order valence-corrected chi connectivity index (χ0v) is 10.0. The summed E-state index contributed by atoms with van der Waals surface area (Å²) in [6.45, 7) is 1.36. The molecule has 7 heteroatoms. The SMILES string of the molecule is CC(=O)c1c[nH]c(=O)n(Cc2ccnn2C)c1=O. The van der Waals surface area contributed by atoms with Gasteiger partial charge in [0.25, 0.3) is 5.56 Å². The number of Topliss-reactive ketones (excluding diaryl/α,β-unsaturated/α-hetero) is 1. The van der Waals surface area contributed by atoms with E-state index >= 15 is 0 Å². The van der Waals surface area contributed by atoms with Crippen LogP contribution in [0.5, 0.6) is 0 Å². The first-order valence-electron chi connectivity index (χ1n) is 5.31. The molecule has 0 aliphatic heterocycles. The van der Waals surface area contributed by atoms with Gasteiger partial charge < -0.3 is 4.98 Å². The summed E-state index contributed by atoms with van der Waals surface area (Å²) in [5, 5.41) is 3.95. The smallest absolute Gasteiger partial charge is 0.313 e. The lowest BCUT2D eigenvalue weighted by Gasteiger charge is -2.05. The van der Waals surface area contributed by atoms with Crippen molar-refractivity contribution >= 4 is 5.78 Å². The Labute approximate surface area is 102 Å². The highest BCUT2D eigenvalue weighted by molar-refractivity contribution is 5.93. The van der Waals surface area contributed by atoms with Crippen LogP contribution in [0.1, 0.15) is 23.0 Å². The number of rotatable bonds is 3. The second-order valence-corrected chi connectivity index (χ2v) is 3.90. The van der Waals surface area contributed by atoms with E-state index in [9.17, 15) is 14.4 Å². The number of ketones is 1. The number of nitrogens with zero attached hydrogens (tertiary/aromatic N) is 3. The highest BCUT2D eigenvalue weighted by Crippen LogP contribution is 1.97. The maximum Gasteiger partial charge on any atom is 0.328 e. The first-order valence-corrected chi connectivity index (χ1v) is 5.31. The largest absolute Gasteiger partial charge is 0.328 e. The van der Waals surface area contributed by atoms with Crippen LogP contribution in [0.25, 0.3) is 0 Å². The Balaban J connectivity index is 2.55. The summed E-state index contributed by atoms with van der Waals surface area (Å²) >= 11 is 0.